The van der Waals surface area contributed by atoms with Crippen molar-refractivity contribution in [2.24, 2.45) is 5.92 Å². The topological polar surface area (TPSA) is 35.5 Å². The van der Waals surface area contributed by atoms with Crippen molar-refractivity contribution in [2.45, 2.75) is 45.3 Å². The molecule has 3 nitrogen and oxygen atoms in total. The van der Waals surface area contributed by atoms with E-state index in [0.717, 1.165) is 12.3 Å². The van der Waals surface area contributed by atoms with E-state index in [-0.39, 0.29) is 5.78 Å². The number of rotatable bonds is 3. The second kappa shape index (κ2) is 4.63. The highest BCUT2D eigenvalue weighted by atomic mass is 16.7. The van der Waals surface area contributed by atoms with Gasteiger partial charge in [0.2, 0.25) is 5.78 Å². The van der Waals surface area contributed by atoms with E-state index < -0.39 is 6.29 Å². The maximum absolute atomic E-state index is 11.2. The summed E-state index contributed by atoms with van der Waals surface area (Å²) in [5.41, 5.74) is 1.29. The molecule has 96 valence electrons. The molecule has 3 heteroatoms. The van der Waals surface area contributed by atoms with Crippen molar-refractivity contribution in [1.29, 1.82) is 0 Å². The maximum atomic E-state index is 11.2. The van der Waals surface area contributed by atoms with Gasteiger partial charge in [-0.15, -0.1) is 0 Å². The number of carbonyl (C=O) groups excluding carboxylic acids is 1. The summed E-state index contributed by atoms with van der Waals surface area (Å²) in [7, 11) is 0. The minimum Gasteiger partial charge on any atom is -0.444 e. The molecule has 0 aromatic heterocycles. The molecule has 0 bridgehead atoms. The summed E-state index contributed by atoms with van der Waals surface area (Å²) in [6.07, 6.45) is 5.77. The molecular weight excluding hydrogens is 228 g/mol. The fourth-order valence-corrected chi connectivity index (χ4v) is 2.84. The van der Waals surface area contributed by atoms with Crippen LogP contribution in [0.1, 0.15) is 38.2 Å². The molecule has 1 atom stereocenters. The van der Waals surface area contributed by atoms with Gasteiger partial charge in [0, 0.05) is 6.92 Å². The first-order valence-corrected chi connectivity index (χ1v) is 6.69. The minimum absolute atomic E-state index is 0.0939. The van der Waals surface area contributed by atoms with Crippen molar-refractivity contribution in [3.63, 3.8) is 0 Å². The summed E-state index contributed by atoms with van der Waals surface area (Å²) in [5, 5.41) is 0. The Kier molecular flexibility index (Phi) is 2.98. The van der Waals surface area contributed by atoms with Crippen LogP contribution in [0.4, 0.5) is 0 Å². The highest BCUT2D eigenvalue weighted by Crippen LogP contribution is 2.37. The summed E-state index contributed by atoms with van der Waals surface area (Å²) in [6, 6.07) is 6.03. The Balaban J connectivity index is 1.72. The Morgan fingerprint density at radius 1 is 1.22 bits per heavy atom. The lowest BCUT2D eigenvalue weighted by Gasteiger charge is -2.09. The van der Waals surface area contributed by atoms with E-state index in [9.17, 15) is 4.79 Å². The minimum atomic E-state index is -0.748. The van der Waals surface area contributed by atoms with Gasteiger partial charge in [0.25, 0.3) is 0 Å². The highest BCUT2D eigenvalue weighted by molar-refractivity contribution is 5.80. The molecule has 1 aromatic carbocycles. The van der Waals surface area contributed by atoms with Crippen molar-refractivity contribution >= 4 is 5.78 Å². The highest BCUT2D eigenvalue weighted by Gasteiger charge is 2.28. The van der Waals surface area contributed by atoms with Gasteiger partial charge in [0.05, 0.1) is 0 Å². The number of hydrogen-bond acceptors (Lipinski definition) is 3. The predicted molar refractivity (Wildman–Crippen MR) is 67.8 cm³/mol. The van der Waals surface area contributed by atoms with Gasteiger partial charge in [-0.1, -0.05) is 31.7 Å². The maximum Gasteiger partial charge on any atom is 0.300 e. The lowest BCUT2D eigenvalue weighted by atomic mass is 9.98. The molecule has 1 fully saturated rings. The number of benzene rings is 1. The van der Waals surface area contributed by atoms with E-state index in [1.165, 1.54) is 38.2 Å². The number of fused-ring (bicyclic) bond motifs is 1. The molecule has 0 N–H and O–H groups in total. The summed E-state index contributed by atoms with van der Waals surface area (Å²) < 4.78 is 10.9. The summed E-state index contributed by atoms with van der Waals surface area (Å²) in [4.78, 5) is 11.2. The lowest BCUT2D eigenvalue weighted by molar-refractivity contribution is -0.132. The zero-order valence-corrected chi connectivity index (χ0v) is 10.6. The number of Topliss-reactive ketones (excluding diaryl/α,β-unsaturated/α-hetero) is 1. The zero-order chi connectivity index (χ0) is 12.5. The molecule has 1 aromatic rings. The first-order valence-electron chi connectivity index (χ1n) is 6.69. The number of ketones is 1. The smallest absolute Gasteiger partial charge is 0.300 e. The van der Waals surface area contributed by atoms with Crippen molar-refractivity contribution in [1.82, 2.24) is 0 Å². The lowest BCUT2D eigenvalue weighted by Crippen LogP contribution is -2.26. The fraction of sp³-hybridized carbons (Fsp3) is 0.533. The number of ether oxygens (including phenoxy) is 2. The predicted octanol–water partition coefficient (Wildman–Crippen LogP) is 3.11. The van der Waals surface area contributed by atoms with Crippen molar-refractivity contribution < 1.29 is 14.3 Å². The van der Waals surface area contributed by atoms with Gasteiger partial charge < -0.3 is 9.47 Å². The van der Waals surface area contributed by atoms with Crippen molar-refractivity contribution in [3.05, 3.63) is 23.8 Å². The van der Waals surface area contributed by atoms with Crippen LogP contribution in [0.2, 0.25) is 0 Å². The molecule has 18 heavy (non-hydrogen) atoms. The third kappa shape index (κ3) is 2.22. The molecule has 1 saturated carbocycles. The average molecular weight is 246 g/mol. The van der Waals surface area contributed by atoms with Gasteiger partial charge in [-0.25, -0.2) is 0 Å². The van der Waals surface area contributed by atoms with Crippen molar-refractivity contribution in [3.8, 4) is 11.5 Å². The average Bonchev–Trinajstić information content (AvgIpc) is 2.96. The SMILES string of the molecule is CC(=O)C1Oc2ccc(CC3CCCC3)cc2O1. The molecule has 1 heterocycles. The summed E-state index contributed by atoms with van der Waals surface area (Å²) >= 11 is 0. The third-order valence-corrected chi connectivity index (χ3v) is 3.81. The fourth-order valence-electron chi connectivity index (χ4n) is 2.84. The first-order chi connectivity index (χ1) is 8.72. The third-order valence-electron chi connectivity index (χ3n) is 3.81. The molecule has 3 rings (SSSR count). The van der Waals surface area contributed by atoms with Gasteiger partial charge >= 0.3 is 6.29 Å². The Morgan fingerprint density at radius 3 is 2.67 bits per heavy atom. The van der Waals surface area contributed by atoms with Gasteiger partial charge in [-0.3, -0.25) is 4.79 Å². The van der Waals surface area contributed by atoms with E-state index >= 15 is 0 Å². The van der Waals surface area contributed by atoms with Crippen LogP contribution in [0.25, 0.3) is 0 Å². The number of hydrogen-bond donors (Lipinski definition) is 0. The molecule has 0 amide bonds. The second-order valence-electron chi connectivity index (χ2n) is 5.31. The normalized spacial score (nSPS) is 22.4. The zero-order valence-electron chi connectivity index (χ0n) is 10.6. The first kappa shape index (κ1) is 11.6. The van der Waals surface area contributed by atoms with Crippen LogP contribution in [0, 0.1) is 5.92 Å². The molecule has 2 aliphatic rings. The molecule has 1 unspecified atom stereocenters. The van der Waals surface area contributed by atoms with Crippen LogP contribution in [-0.4, -0.2) is 12.1 Å². The summed E-state index contributed by atoms with van der Waals surface area (Å²) in [6.45, 7) is 1.48. The van der Waals surface area contributed by atoms with E-state index in [4.69, 9.17) is 9.47 Å². The van der Waals surface area contributed by atoms with E-state index in [2.05, 4.69) is 6.07 Å². The second-order valence-corrected chi connectivity index (χ2v) is 5.31. The Labute approximate surface area is 107 Å². The van der Waals surface area contributed by atoms with E-state index in [0.29, 0.717) is 11.5 Å². The Morgan fingerprint density at radius 2 is 1.94 bits per heavy atom. The van der Waals surface area contributed by atoms with Crippen LogP contribution in [-0.2, 0) is 11.2 Å². The Hall–Kier alpha value is -1.51. The van der Waals surface area contributed by atoms with Crippen LogP contribution >= 0.6 is 0 Å². The van der Waals surface area contributed by atoms with Crippen LogP contribution in [0.3, 0.4) is 0 Å². The quantitative estimate of drug-likeness (QED) is 0.822. The van der Waals surface area contributed by atoms with E-state index in [1.54, 1.807) is 0 Å². The summed E-state index contributed by atoms with van der Waals surface area (Å²) in [5.74, 6) is 2.12. The number of carbonyl (C=O) groups is 1. The van der Waals surface area contributed by atoms with Gasteiger partial charge in [-0.2, -0.15) is 0 Å². The monoisotopic (exact) mass is 246 g/mol. The molecule has 0 saturated heterocycles. The van der Waals surface area contributed by atoms with Crippen LogP contribution in [0.15, 0.2) is 18.2 Å². The van der Waals surface area contributed by atoms with Crippen LogP contribution < -0.4 is 9.47 Å². The van der Waals surface area contributed by atoms with Gasteiger partial charge in [0.1, 0.15) is 0 Å². The largest absolute Gasteiger partial charge is 0.444 e. The molecular formula is C15H18O3. The van der Waals surface area contributed by atoms with Crippen LogP contribution in [0.5, 0.6) is 11.5 Å². The Bertz CT molecular complexity index is 461. The standard InChI is InChI=1S/C15H18O3/c1-10(16)15-17-13-7-6-12(9-14(13)18-15)8-11-4-2-3-5-11/h6-7,9,11,15H,2-5,8H2,1H3. The molecule has 1 aliphatic heterocycles. The van der Waals surface area contributed by atoms with Gasteiger partial charge in [-0.05, 0) is 30.0 Å². The van der Waals surface area contributed by atoms with Crippen molar-refractivity contribution in [2.75, 3.05) is 0 Å². The molecule has 0 spiro atoms. The van der Waals surface area contributed by atoms with E-state index in [1.807, 2.05) is 12.1 Å². The van der Waals surface area contributed by atoms with Gasteiger partial charge in [0.15, 0.2) is 11.5 Å². The molecule has 1 aliphatic carbocycles. The molecule has 0 radical (unpaired) electrons.